The van der Waals surface area contributed by atoms with Crippen LogP contribution in [0.2, 0.25) is 0 Å². The fraction of sp³-hybridized carbons (Fsp3) is 0.478. The number of hydrogen-bond acceptors (Lipinski definition) is 8. The number of rotatable bonds is 9. The van der Waals surface area contributed by atoms with Crippen LogP contribution >= 0.6 is 11.3 Å². The Hall–Kier alpha value is -2.66. The maximum atomic E-state index is 13.2. The van der Waals surface area contributed by atoms with Crippen molar-refractivity contribution < 1.29 is 24.2 Å². The number of aromatic nitrogens is 1. The molecule has 1 aliphatic rings. The van der Waals surface area contributed by atoms with Crippen LogP contribution in [0.5, 0.6) is 0 Å². The first kappa shape index (κ1) is 25.0. The lowest BCUT2D eigenvalue weighted by molar-refractivity contribution is -0.149. The predicted octanol–water partition coefficient (Wildman–Crippen LogP) is 1.24. The van der Waals surface area contributed by atoms with Crippen molar-refractivity contribution in [1.29, 1.82) is 0 Å². The summed E-state index contributed by atoms with van der Waals surface area (Å²) in [5.41, 5.74) is 4.54. The number of β-amino-alcohol motifs (C(OH)–C–C–N with tert-alkyl or cyclic N) is 1. The number of carbonyl (C=O) groups excluding carboxylic acids is 3. The minimum absolute atomic E-state index is 0.0617. The van der Waals surface area contributed by atoms with Gasteiger partial charge in [-0.1, -0.05) is 24.3 Å². The summed E-state index contributed by atoms with van der Waals surface area (Å²) in [5, 5.41) is 15.4. The lowest BCUT2D eigenvalue weighted by atomic mass is 10.1. The van der Waals surface area contributed by atoms with Crippen molar-refractivity contribution in [2.75, 3.05) is 20.3 Å². The number of ether oxygens (including phenoxy) is 1. The molecule has 2 heterocycles. The first-order chi connectivity index (χ1) is 15.8. The predicted molar refractivity (Wildman–Crippen MR) is 124 cm³/mol. The molecule has 178 valence electrons. The summed E-state index contributed by atoms with van der Waals surface area (Å²) in [5.74, 6) is -1.25. The summed E-state index contributed by atoms with van der Waals surface area (Å²) in [6, 6.07) is 6.09. The summed E-state index contributed by atoms with van der Waals surface area (Å²) < 4.78 is 4.90. The highest BCUT2D eigenvalue weighted by Crippen LogP contribution is 2.27. The van der Waals surface area contributed by atoms with Crippen LogP contribution in [0.4, 0.5) is 0 Å². The van der Waals surface area contributed by atoms with Gasteiger partial charge in [0.15, 0.2) is 0 Å². The Labute approximate surface area is 197 Å². The normalized spacial score (nSPS) is 18.7. The molecule has 1 aromatic carbocycles. The fourth-order valence-corrected chi connectivity index (χ4v) is 4.50. The van der Waals surface area contributed by atoms with Crippen molar-refractivity contribution in [3.63, 3.8) is 0 Å². The molecule has 3 N–H and O–H groups in total. The molecule has 2 aromatic rings. The lowest BCUT2D eigenvalue weighted by Gasteiger charge is -2.27. The van der Waals surface area contributed by atoms with E-state index in [2.05, 4.69) is 15.6 Å². The molecule has 3 amide bonds. The van der Waals surface area contributed by atoms with Crippen molar-refractivity contribution in [3.05, 3.63) is 41.0 Å². The number of benzene rings is 1. The third-order valence-electron chi connectivity index (χ3n) is 5.52. The van der Waals surface area contributed by atoms with Crippen LogP contribution < -0.4 is 10.6 Å². The number of hydrogen-bond donors (Lipinski definition) is 3. The van der Waals surface area contributed by atoms with E-state index in [1.807, 2.05) is 31.2 Å². The van der Waals surface area contributed by atoms with E-state index >= 15 is 0 Å². The standard InChI is InChI=1S/C23H30N4O5S/c1-14-21(33-13-25-14)17-6-4-16(5-7-17)12-27(23(31)19-10-18(28)11-24-19)22(30)15(2)26-20(29)8-9-32-3/h4-7,13,15,18-19,24,28H,8-12H2,1-3H3,(H,26,29)/t15-,18+,19-/m0/s1. The molecular weight excluding hydrogens is 444 g/mol. The van der Waals surface area contributed by atoms with E-state index in [0.717, 1.165) is 26.6 Å². The molecule has 0 aliphatic carbocycles. The summed E-state index contributed by atoms with van der Waals surface area (Å²) in [6.45, 7) is 4.10. The van der Waals surface area contributed by atoms with Crippen molar-refractivity contribution in [3.8, 4) is 10.4 Å². The Morgan fingerprint density at radius 3 is 2.64 bits per heavy atom. The molecule has 10 heteroatoms. The van der Waals surface area contributed by atoms with E-state index < -0.39 is 30.0 Å². The fourth-order valence-electron chi connectivity index (χ4n) is 3.68. The Morgan fingerprint density at radius 2 is 2.06 bits per heavy atom. The number of thiazole rings is 1. The molecule has 9 nitrogen and oxygen atoms in total. The first-order valence-corrected chi connectivity index (χ1v) is 11.7. The van der Waals surface area contributed by atoms with Crippen LogP contribution in [0.25, 0.3) is 10.4 Å². The zero-order chi connectivity index (χ0) is 24.0. The third kappa shape index (κ3) is 6.44. The zero-order valence-corrected chi connectivity index (χ0v) is 19.9. The molecule has 0 bridgehead atoms. The van der Waals surface area contributed by atoms with Gasteiger partial charge >= 0.3 is 0 Å². The summed E-state index contributed by atoms with van der Waals surface area (Å²) >= 11 is 1.55. The molecule has 0 unspecified atom stereocenters. The SMILES string of the molecule is COCCC(=O)N[C@@H](C)C(=O)N(Cc1ccc(-c2scnc2C)cc1)C(=O)[C@@H]1C[C@@H](O)CN1. The Bertz CT molecular complexity index is 977. The van der Waals surface area contributed by atoms with Gasteiger partial charge in [0.25, 0.3) is 5.91 Å². The summed E-state index contributed by atoms with van der Waals surface area (Å²) in [4.78, 5) is 44.9. The molecule has 1 saturated heterocycles. The quantitative estimate of drug-likeness (QED) is 0.500. The van der Waals surface area contributed by atoms with Crippen LogP contribution in [0, 0.1) is 6.92 Å². The number of carbonyl (C=O) groups is 3. The molecular formula is C23H30N4O5S. The van der Waals surface area contributed by atoms with Crippen molar-refractivity contribution >= 4 is 29.1 Å². The van der Waals surface area contributed by atoms with E-state index in [4.69, 9.17) is 4.74 Å². The molecule has 1 fully saturated rings. The number of nitrogens with one attached hydrogen (secondary N) is 2. The van der Waals surface area contributed by atoms with E-state index in [-0.39, 0.29) is 31.9 Å². The highest BCUT2D eigenvalue weighted by Gasteiger charge is 2.35. The van der Waals surface area contributed by atoms with E-state index in [1.54, 1.807) is 23.8 Å². The monoisotopic (exact) mass is 474 g/mol. The Morgan fingerprint density at radius 1 is 1.33 bits per heavy atom. The molecule has 0 saturated carbocycles. The van der Waals surface area contributed by atoms with Crippen molar-refractivity contribution in [2.45, 2.75) is 51.4 Å². The van der Waals surface area contributed by atoms with Gasteiger partial charge in [0.1, 0.15) is 6.04 Å². The van der Waals surface area contributed by atoms with Gasteiger partial charge in [-0.2, -0.15) is 0 Å². The van der Waals surface area contributed by atoms with Gasteiger partial charge in [-0.05, 0) is 31.4 Å². The van der Waals surface area contributed by atoms with E-state index in [9.17, 15) is 19.5 Å². The van der Waals surface area contributed by atoms with Crippen LogP contribution in [0.15, 0.2) is 29.8 Å². The smallest absolute Gasteiger partial charge is 0.251 e. The van der Waals surface area contributed by atoms with Crippen LogP contribution in [-0.2, 0) is 25.7 Å². The highest BCUT2D eigenvalue weighted by atomic mass is 32.1. The third-order valence-corrected chi connectivity index (χ3v) is 6.50. The maximum absolute atomic E-state index is 13.2. The molecule has 0 spiro atoms. The number of aliphatic hydroxyl groups is 1. The average Bonchev–Trinajstić information content (AvgIpc) is 3.43. The van der Waals surface area contributed by atoms with Crippen LogP contribution in [0.3, 0.4) is 0 Å². The molecule has 1 aliphatic heterocycles. The molecule has 33 heavy (non-hydrogen) atoms. The second-order valence-corrected chi connectivity index (χ2v) is 8.96. The molecule has 3 atom stereocenters. The second-order valence-electron chi connectivity index (χ2n) is 8.11. The molecule has 3 rings (SSSR count). The minimum Gasteiger partial charge on any atom is -0.392 e. The number of aryl methyl sites for hydroxylation is 1. The van der Waals surface area contributed by atoms with Crippen LogP contribution in [0.1, 0.15) is 31.0 Å². The summed E-state index contributed by atoms with van der Waals surface area (Å²) in [6.07, 6.45) is -0.276. The van der Waals surface area contributed by atoms with Gasteiger partial charge < -0.3 is 20.5 Å². The topological polar surface area (TPSA) is 121 Å². The number of imide groups is 1. The number of methoxy groups -OCH3 is 1. The van der Waals surface area contributed by atoms with Crippen molar-refractivity contribution in [1.82, 2.24) is 20.5 Å². The molecule has 0 radical (unpaired) electrons. The first-order valence-electron chi connectivity index (χ1n) is 10.8. The van der Waals surface area contributed by atoms with Gasteiger partial charge in [-0.15, -0.1) is 11.3 Å². The summed E-state index contributed by atoms with van der Waals surface area (Å²) in [7, 11) is 1.49. The Kier molecular flexibility index (Phi) is 8.67. The average molecular weight is 475 g/mol. The van der Waals surface area contributed by atoms with Crippen LogP contribution in [-0.4, -0.2) is 71.2 Å². The van der Waals surface area contributed by atoms with Gasteiger partial charge in [0, 0.05) is 20.1 Å². The number of aliphatic hydroxyl groups excluding tert-OH is 1. The number of amides is 3. The lowest BCUT2D eigenvalue weighted by Crippen LogP contribution is -2.53. The number of nitrogens with zero attached hydrogens (tertiary/aromatic N) is 2. The zero-order valence-electron chi connectivity index (χ0n) is 19.0. The van der Waals surface area contributed by atoms with Gasteiger partial charge in [0.05, 0.1) is 41.4 Å². The van der Waals surface area contributed by atoms with E-state index in [1.165, 1.54) is 7.11 Å². The van der Waals surface area contributed by atoms with E-state index in [0.29, 0.717) is 6.54 Å². The Balaban J connectivity index is 1.76. The van der Waals surface area contributed by atoms with Gasteiger partial charge in [-0.25, -0.2) is 4.98 Å². The highest BCUT2D eigenvalue weighted by molar-refractivity contribution is 7.13. The second kappa shape index (κ2) is 11.5. The van der Waals surface area contributed by atoms with Crippen molar-refractivity contribution in [2.24, 2.45) is 0 Å². The minimum atomic E-state index is -0.885. The molecule has 1 aromatic heterocycles. The van der Waals surface area contributed by atoms with Gasteiger partial charge in [-0.3, -0.25) is 19.3 Å². The maximum Gasteiger partial charge on any atom is 0.251 e. The largest absolute Gasteiger partial charge is 0.392 e. The van der Waals surface area contributed by atoms with Gasteiger partial charge in [0.2, 0.25) is 11.8 Å².